The molecule has 0 spiro atoms. The van der Waals surface area contributed by atoms with Crippen molar-refractivity contribution in [3.05, 3.63) is 35.4 Å². The van der Waals surface area contributed by atoms with Crippen LogP contribution in [-0.4, -0.2) is 31.6 Å². The molecule has 108 valence electrons. The predicted molar refractivity (Wildman–Crippen MR) is 85.0 cm³/mol. The molecule has 0 saturated carbocycles. The highest BCUT2D eigenvalue weighted by molar-refractivity contribution is 5.85. The van der Waals surface area contributed by atoms with Crippen molar-refractivity contribution in [1.82, 2.24) is 10.2 Å². The fourth-order valence-electron chi connectivity index (χ4n) is 2.78. The summed E-state index contributed by atoms with van der Waals surface area (Å²) >= 11 is 0. The van der Waals surface area contributed by atoms with Gasteiger partial charge in [-0.1, -0.05) is 31.2 Å². The van der Waals surface area contributed by atoms with E-state index in [1.54, 1.807) is 0 Å². The van der Waals surface area contributed by atoms with Crippen LogP contribution in [0.4, 0.5) is 0 Å². The first kappa shape index (κ1) is 16.5. The third kappa shape index (κ3) is 5.52. The zero-order valence-corrected chi connectivity index (χ0v) is 13.0. The summed E-state index contributed by atoms with van der Waals surface area (Å²) in [5.41, 5.74) is 2.86. The second kappa shape index (κ2) is 8.57. The maximum Gasteiger partial charge on any atom is 0.0230 e. The first-order valence-electron chi connectivity index (χ1n) is 7.25. The molecule has 2 rings (SSSR count). The Bertz CT molecular complexity index is 344. The second-order valence-corrected chi connectivity index (χ2v) is 5.58. The zero-order chi connectivity index (χ0) is 12.8. The van der Waals surface area contributed by atoms with Gasteiger partial charge in [-0.25, -0.2) is 0 Å². The third-order valence-electron chi connectivity index (χ3n) is 3.85. The van der Waals surface area contributed by atoms with E-state index in [-0.39, 0.29) is 12.4 Å². The summed E-state index contributed by atoms with van der Waals surface area (Å²) in [5, 5.41) is 3.49. The Balaban J connectivity index is 0.00000180. The Labute approximate surface area is 124 Å². The van der Waals surface area contributed by atoms with Gasteiger partial charge in [-0.2, -0.15) is 0 Å². The van der Waals surface area contributed by atoms with E-state index in [1.165, 1.54) is 43.6 Å². The molecule has 1 fully saturated rings. The van der Waals surface area contributed by atoms with Crippen LogP contribution < -0.4 is 5.32 Å². The Morgan fingerprint density at radius 2 is 1.89 bits per heavy atom. The van der Waals surface area contributed by atoms with Gasteiger partial charge < -0.3 is 10.2 Å². The van der Waals surface area contributed by atoms with Gasteiger partial charge in [-0.05, 0) is 56.4 Å². The minimum Gasteiger partial charge on any atom is -0.316 e. The number of benzene rings is 1. The van der Waals surface area contributed by atoms with Gasteiger partial charge in [-0.3, -0.25) is 0 Å². The quantitative estimate of drug-likeness (QED) is 0.893. The highest BCUT2D eigenvalue weighted by atomic mass is 35.5. The van der Waals surface area contributed by atoms with E-state index in [4.69, 9.17) is 0 Å². The fraction of sp³-hybridized carbons (Fsp3) is 0.625. The van der Waals surface area contributed by atoms with Crippen LogP contribution in [0.3, 0.4) is 0 Å². The number of nitrogens with one attached hydrogen (secondary N) is 1. The summed E-state index contributed by atoms with van der Waals surface area (Å²) in [6.07, 6.45) is 3.85. The van der Waals surface area contributed by atoms with Crippen molar-refractivity contribution >= 4 is 12.4 Å². The maximum atomic E-state index is 3.49. The molecule has 19 heavy (non-hydrogen) atoms. The Morgan fingerprint density at radius 1 is 1.21 bits per heavy atom. The average molecular weight is 283 g/mol. The molecule has 0 aromatic heterocycles. The first-order chi connectivity index (χ1) is 8.78. The van der Waals surface area contributed by atoms with Crippen LogP contribution in [0.1, 0.15) is 30.9 Å². The molecule has 1 aliphatic rings. The summed E-state index contributed by atoms with van der Waals surface area (Å²) in [4.78, 5) is 2.46. The lowest BCUT2D eigenvalue weighted by molar-refractivity contribution is 0.237. The van der Waals surface area contributed by atoms with Crippen molar-refractivity contribution < 1.29 is 0 Å². The van der Waals surface area contributed by atoms with E-state index >= 15 is 0 Å². The lowest BCUT2D eigenvalue weighted by Gasteiger charge is -2.27. The van der Waals surface area contributed by atoms with Crippen LogP contribution in [0.15, 0.2) is 24.3 Å². The van der Waals surface area contributed by atoms with Crippen LogP contribution in [0.5, 0.6) is 0 Å². The maximum absolute atomic E-state index is 3.49. The highest BCUT2D eigenvalue weighted by Gasteiger charge is 2.14. The molecule has 1 N–H and O–H groups in total. The van der Waals surface area contributed by atoms with E-state index in [0.717, 1.165) is 18.9 Å². The second-order valence-electron chi connectivity index (χ2n) is 5.58. The molecular weight excluding hydrogens is 256 g/mol. The molecular formula is C16H27ClN2. The number of piperidine rings is 1. The van der Waals surface area contributed by atoms with Gasteiger partial charge >= 0.3 is 0 Å². The Hall–Kier alpha value is -0.570. The lowest BCUT2D eigenvalue weighted by Crippen LogP contribution is -2.36. The van der Waals surface area contributed by atoms with Crippen LogP contribution in [0.25, 0.3) is 0 Å². The lowest BCUT2D eigenvalue weighted by atomic mass is 9.99. The van der Waals surface area contributed by atoms with Crippen LogP contribution in [0.2, 0.25) is 0 Å². The Morgan fingerprint density at radius 3 is 2.47 bits per heavy atom. The van der Waals surface area contributed by atoms with Gasteiger partial charge in [0.2, 0.25) is 0 Å². The number of rotatable bonds is 5. The molecule has 3 heteroatoms. The molecule has 2 nitrogen and oxygen atoms in total. The van der Waals surface area contributed by atoms with E-state index < -0.39 is 0 Å². The van der Waals surface area contributed by atoms with Crippen molar-refractivity contribution in [1.29, 1.82) is 0 Å². The standard InChI is InChI=1S/C16H26N2.ClH/c1-3-14-6-8-15(9-7-14)12-18(2)13-16-5-4-10-17-11-16;/h6-9,16-17H,3-5,10-13H2,1-2H3;1H. The molecule has 1 atom stereocenters. The summed E-state index contributed by atoms with van der Waals surface area (Å²) < 4.78 is 0. The number of halogens is 1. The highest BCUT2D eigenvalue weighted by Crippen LogP contribution is 2.13. The van der Waals surface area contributed by atoms with Crippen LogP contribution >= 0.6 is 12.4 Å². The number of aryl methyl sites for hydroxylation is 1. The monoisotopic (exact) mass is 282 g/mol. The van der Waals surface area contributed by atoms with E-state index in [9.17, 15) is 0 Å². The van der Waals surface area contributed by atoms with Gasteiger partial charge in [0.1, 0.15) is 0 Å². The number of nitrogens with zero attached hydrogens (tertiary/aromatic N) is 1. The average Bonchev–Trinajstić information content (AvgIpc) is 2.40. The fourth-order valence-corrected chi connectivity index (χ4v) is 2.78. The Kier molecular flexibility index (Phi) is 7.44. The normalized spacial score (nSPS) is 19.2. The summed E-state index contributed by atoms with van der Waals surface area (Å²) in [5.74, 6) is 0.832. The zero-order valence-electron chi connectivity index (χ0n) is 12.2. The van der Waals surface area contributed by atoms with Crippen molar-refractivity contribution in [3.63, 3.8) is 0 Å². The molecule has 0 bridgehead atoms. The van der Waals surface area contributed by atoms with Gasteiger partial charge in [0.05, 0.1) is 0 Å². The number of hydrogen-bond donors (Lipinski definition) is 1. The van der Waals surface area contributed by atoms with Crippen molar-refractivity contribution in [2.45, 2.75) is 32.7 Å². The smallest absolute Gasteiger partial charge is 0.0230 e. The van der Waals surface area contributed by atoms with E-state index in [0.29, 0.717) is 0 Å². The van der Waals surface area contributed by atoms with E-state index in [1.807, 2.05) is 0 Å². The molecule has 1 aromatic rings. The minimum absolute atomic E-state index is 0. The molecule has 1 heterocycles. The van der Waals surface area contributed by atoms with Gasteiger partial charge in [0.25, 0.3) is 0 Å². The summed E-state index contributed by atoms with van der Waals surface area (Å²) in [6, 6.07) is 9.06. The van der Waals surface area contributed by atoms with Crippen molar-refractivity contribution in [3.8, 4) is 0 Å². The van der Waals surface area contributed by atoms with Gasteiger partial charge in [0.15, 0.2) is 0 Å². The molecule has 1 aliphatic heterocycles. The van der Waals surface area contributed by atoms with Gasteiger partial charge in [0, 0.05) is 13.1 Å². The summed E-state index contributed by atoms with van der Waals surface area (Å²) in [6.45, 7) is 6.89. The molecule has 1 aromatic carbocycles. The van der Waals surface area contributed by atoms with Crippen LogP contribution in [0, 0.1) is 5.92 Å². The molecule has 0 amide bonds. The molecule has 0 radical (unpaired) electrons. The van der Waals surface area contributed by atoms with E-state index in [2.05, 4.69) is 48.5 Å². The SMILES string of the molecule is CCc1ccc(CN(C)CC2CCCNC2)cc1.Cl. The van der Waals surface area contributed by atoms with Gasteiger partial charge in [-0.15, -0.1) is 12.4 Å². The number of hydrogen-bond acceptors (Lipinski definition) is 2. The first-order valence-corrected chi connectivity index (χ1v) is 7.25. The largest absolute Gasteiger partial charge is 0.316 e. The summed E-state index contributed by atoms with van der Waals surface area (Å²) in [7, 11) is 2.24. The third-order valence-corrected chi connectivity index (χ3v) is 3.85. The molecule has 0 aliphatic carbocycles. The molecule has 1 saturated heterocycles. The predicted octanol–water partition coefficient (Wildman–Crippen LogP) is 3.10. The molecule has 1 unspecified atom stereocenters. The minimum atomic E-state index is 0. The van der Waals surface area contributed by atoms with Crippen molar-refractivity contribution in [2.24, 2.45) is 5.92 Å². The van der Waals surface area contributed by atoms with Crippen molar-refractivity contribution in [2.75, 3.05) is 26.7 Å². The topological polar surface area (TPSA) is 15.3 Å². The van der Waals surface area contributed by atoms with Crippen LogP contribution in [-0.2, 0) is 13.0 Å².